The van der Waals surface area contributed by atoms with Crippen molar-refractivity contribution in [3.05, 3.63) is 48.3 Å². The molecule has 6 nitrogen and oxygen atoms in total. The zero-order valence-electron chi connectivity index (χ0n) is 13.7. The summed E-state index contributed by atoms with van der Waals surface area (Å²) in [6.07, 6.45) is 4.30. The third-order valence-corrected chi connectivity index (χ3v) is 6.45. The summed E-state index contributed by atoms with van der Waals surface area (Å²) < 4.78 is 28.9. The molecule has 2 aromatic rings. The van der Waals surface area contributed by atoms with E-state index in [1.165, 1.54) is 10.5 Å². The Balaban J connectivity index is 1.77. The fraction of sp³-hybridized carbons (Fsp3) is 0.471. The first-order chi connectivity index (χ1) is 11.5. The first-order valence-electron chi connectivity index (χ1n) is 8.29. The van der Waals surface area contributed by atoms with Gasteiger partial charge in [-0.15, -0.1) is 0 Å². The third-order valence-electron chi connectivity index (χ3n) is 4.54. The van der Waals surface area contributed by atoms with E-state index in [0.717, 1.165) is 18.4 Å². The number of sulfonamides is 1. The van der Waals surface area contributed by atoms with Crippen LogP contribution < -0.4 is 0 Å². The van der Waals surface area contributed by atoms with Crippen molar-refractivity contribution in [2.75, 3.05) is 6.54 Å². The van der Waals surface area contributed by atoms with Crippen LogP contribution in [0.5, 0.6) is 0 Å². The Morgan fingerprint density at radius 2 is 2.08 bits per heavy atom. The lowest BCUT2D eigenvalue weighted by atomic mass is 10.0. The van der Waals surface area contributed by atoms with Gasteiger partial charge < -0.3 is 5.11 Å². The molecule has 1 N–H and O–H groups in total. The van der Waals surface area contributed by atoms with E-state index in [2.05, 4.69) is 5.10 Å². The predicted octanol–water partition coefficient (Wildman–Crippen LogP) is 2.18. The standard InChI is InChI=1S/C17H23N3O3S/c1-2-19-13-16(12-18-19)24(22,23)20-10-6-9-15(20)11-17(21)14-7-4-3-5-8-14/h3-5,7-8,12-13,15,17,21H,2,6,9-11H2,1H3/t15-,17-/m0/s1. The second-order valence-corrected chi connectivity index (χ2v) is 8.00. The van der Waals surface area contributed by atoms with Crippen LogP contribution in [0.15, 0.2) is 47.6 Å². The zero-order valence-corrected chi connectivity index (χ0v) is 14.6. The maximum atomic E-state index is 12.9. The fourth-order valence-corrected chi connectivity index (χ4v) is 4.88. The smallest absolute Gasteiger partial charge is 0.246 e. The highest BCUT2D eigenvalue weighted by Crippen LogP contribution is 2.31. The number of aliphatic hydroxyl groups is 1. The van der Waals surface area contributed by atoms with E-state index in [1.807, 2.05) is 37.3 Å². The van der Waals surface area contributed by atoms with Gasteiger partial charge in [-0.1, -0.05) is 30.3 Å². The Morgan fingerprint density at radius 1 is 1.33 bits per heavy atom. The van der Waals surface area contributed by atoms with E-state index in [0.29, 0.717) is 19.5 Å². The van der Waals surface area contributed by atoms with E-state index < -0.39 is 16.1 Å². The molecule has 1 fully saturated rings. The van der Waals surface area contributed by atoms with E-state index in [4.69, 9.17) is 0 Å². The molecule has 0 amide bonds. The largest absolute Gasteiger partial charge is 0.388 e. The molecule has 24 heavy (non-hydrogen) atoms. The number of aryl methyl sites for hydroxylation is 1. The third kappa shape index (κ3) is 3.38. The van der Waals surface area contributed by atoms with Gasteiger partial charge in [0.15, 0.2) is 0 Å². The van der Waals surface area contributed by atoms with Crippen LogP contribution in [0.1, 0.15) is 37.9 Å². The quantitative estimate of drug-likeness (QED) is 0.867. The normalized spacial score (nSPS) is 20.3. The molecule has 2 atom stereocenters. The van der Waals surface area contributed by atoms with Gasteiger partial charge >= 0.3 is 0 Å². The molecule has 0 radical (unpaired) electrons. The van der Waals surface area contributed by atoms with Crippen molar-refractivity contribution in [3.63, 3.8) is 0 Å². The molecule has 7 heteroatoms. The maximum absolute atomic E-state index is 12.9. The second-order valence-electron chi connectivity index (χ2n) is 6.11. The van der Waals surface area contributed by atoms with Crippen molar-refractivity contribution in [1.29, 1.82) is 0 Å². The lowest BCUT2D eigenvalue weighted by Crippen LogP contribution is -2.36. The number of hydrogen-bond donors (Lipinski definition) is 1. The number of benzene rings is 1. The predicted molar refractivity (Wildman–Crippen MR) is 90.8 cm³/mol. The molecule has 1 aromatic carbocycles. The topological polar surface area (TPSA) is 75.4 Å². The highest BCUT2D eigenvalue weighted by molar-refractivity contribution is 7.89. The van der Waals surface area contributed by atoms with Gasteiger partial charge in [0.05, 0.1) is 12.3 Å². The number of hydrogen-bond acceptors (Lipinski definition) is 4. The average molecular weight is 349 g/mol. The summed E-state index contributed by atoms with van der Waals surface area (Å²) in [5.41, 5.74) is 0.820. The lowest BCUT2D eigenvalue weighted by molar-refractivity contribution is 0.142. The Hall–Kier alpha value is -1.70. The summed E-state index contributed by atoms with van der Waals surface area (Å²) >= 11 is 0. The minimum atomic E-state index is -3.57. The first-order valence-corrected chi connectivity index (χ1v) is 9.73. The lowest BCUT2D eigenvalue weighted by Gasteiger charge is -2.25. The molecule has 0 spiro atoms. The molecule has 0 bridgehead atoms. The minimum absolute atomic E-state index is 0.185. The molecule has 130 valence electrons. The second kappa shape index (κ2) is 7.04. The molecule has 2 heterocycles. The molecule has 1 saturated heterocycles. The molecular formula is C17H23N3O3S. The number of nitrogens with zero attached hydrogens (tertiary/aromatic N) is 3. The zero-order chi connectivity index (χ0) is 17.2. The molecule has 3 rings (SSSR count). The number of aliphatic hydroxyl groups excluding tert-OH is 1. The van der Waals surface area contributed by atoms with Gasteiger partial charge in [-0.25, -0.2) is 8.42 Å². The summed E-state index contributed by atoms with van der Waals surface area (Å²) in [5.74, 6) is 0. The molecule has 1 aliphatic rings. The van der Waals surface area contributed by atoms with Crippen molar-refractivity contribution >= 4 is 10.0 Å². The van der Waals surface area contributed by atoms with Crippen LogP contribution in [0.25, 0.3) is 0 Å². The fourth-order valence-electron chi connectivity index (χ4n) is 3.22. The van der Waals surface area contributed by atoms with E-state index >= 15 is 0 Å². The molecule has 0 saturated carbocycles. The molecular weight excluding hydrogens is 326 g/mol. The van der Waals surface area contributed by atoms with E-state index in [9.17, 15) is 13.5 Å². The first kappa shape index (κ1) is 17.1. The van der Waals surface area contributed by atoms with Crippen LogP contribution >= 0.6 is 0 Å². The van der Waals surface area contributed by atoms with Gasteiger partial charge in [0.2, 0.25) is 10.0 Å². The average Bonchev–Trinajstić information content (AvgIpc) is 3.25. The van der Waals surface area contributed by atoms with Crippen molar-refractivity contribution in [2.24, 2.45) is 0 Å². The number of aromatic nitrogens is 2. The van der Waals surface area contributed by atoms with Gasteiger partial charge in [-0.05, 0) is 31.7 Å². The van der Waals surface area contributed by atoms with Gasteiger partial charge in [-0.3, -0.25) is 4.68 Å². The van der Waals surface area contributed by atoms with Crippen LogP contribution in [-0.4, -0.2) is 40.2 Å². The van der Waals surface area contributed by atoms with Gasteiger partial charge in [-0.2, -0.15) is 9.40 Å². The van der Waals surface area contributed by atoms with Crippen molar-refractivity contribution in [1.82, 2.24) is 14.1 Å². The number of rotatable bonds is 6. The van der Waals surface area contributed by atoms with Gasteiger partial charge in [0.25, 0.3) is 0 Å². The molecule has 0 aliphatic carbocycles. The summed E-state index contributed by atoms with van der Waals surface area (Å²) in [5, 5.41) is 14.5. The maximum Gasteiger partial charge on any atom is 0.246 e. The Kier molecular flexibility index (Phi) is 5.03. The van der Waals surface area contributed by atoms with E-state index in [1.54, 1.807) is 10.9 Å². The summed E-state index contributed by atoms with van der Waals surface area (Å²) in [4.78, 5) is 0.227. The highest BCUT2D eigenvalue weighted by atomic mass is 32.2. The Bertz CT molecular complexity index is 773. The SMILES string of the molecule is CCn1cc(S(=O)(=O)N2CCC[C@H]2C[C@H](O)c2ccccc2)cn1. The van der Waals surface area contributed by atoms with Crippen LogP contribution in [0.3, 0.4) is 0 Å². The molecule has 1 aliphatic heterocycles. The summed E-state index contributed by atoms with van der Waals surface area (Å²) in [7, 11) is -3.57. The minimum Gasteiger partial charge on any atom is -0.388 e. The van der Waals surface area contributed by atoms with Crippen molar-refractivity contribution < 1.29 is 13.5 Å². The van der Waals surface area contributed by atoms with Gasteiger partial charge in [0, 0.05) is 25.3 Å². The van der Waals surface area contributed by atoms with Gasteiger partial charge in [0.1, 0.15) is 4.90 Å². The van der Waals surface area contributed by atoms with Crippen LogP contribution in [0.2, 0.25) is 0 Å². The Labute approximate surface area is 142 Å². The summed E-state index contributed by atoms with van der Waals surface area (Å²) in [6.45, 7) is 3.04. The van der Waals surface area contributed by atoms with Crippen LogP contribution in [0, 0.1) is 0 Å². The monoisotopic (exact) mass is 349 g/mol. The highest BCUT2D eigenvalue weighted by Gasteiger charge is 2.37. The van der Waals surface area contributed by atoms with Crippen LogP contribution in [0.4, 0.5) is 0 Å². The molecule has 0 unspecified atom stereocenters. The van der Waals surface area contributed by atoms with Crippen molar-refractivity contribution in [2.45, 2.75) is 49.8 Å². The summed E-state index contributed by atoms with van der Waals surface area (Å²) in [6, 6.07) is 9.19. The van der Waals surface area contributed by atoms with E-state index in [-0.39, 0.29) is 10.9 Å². The Morgan fingerprint density at radius 3 is 2.75 bits per heavy atom. The molecule has 1 aromatic heterocycles. The van der Waals surface area contributed by atoms with Crippen LogP contribution in [-0.2, 0) is 16.6 Å². The van der Waals surface area contributed by atoms with Crippen molar-refractivity contribution in [3.8, 4) is 0 Å².